The van der Waals surface area contributed by atoms with Crippen LogP contribution in [-0.4, -0.2) is 19.3 Å². The summed E-state index contributed by atoms with van der Waals surface area (Å²) in [5.41, 5.74) is 5.77. The molecule has 2 heteroatoms. The van der Waals surface area contributed by atoms with Crippen LogP contribution in [0.3, 0.4) is 0 Å². The van der Waals surface area contributed by atoms with Crippen molar-refractivity contribution in [1.29, 1.82) is 0 Å². The summed E-state index contributed by atoms with van der Waals surface area (Å²) < 4.78 is 5.44. The SMILES string of the molecule is CC(CN)OCCC(C)(C)C. The monoisotopic (exact) mass is 159 g/mol. The van der Waals surface area contributed by atoms with E-state index >= 15 is 0 Å². The van der Waals surface area contributed by atoms with Crippen LogP contribution in [0.2, 0.25) is 0 Å². The molecular formula is C9H21NO. The summed E-state index contributed by atoms with van der Waals surface area (Å²) >= 11 is 0. The summed E-state index contributed by atoms with van der Waals surface area (Å²) in [4.78, 5) is 0. The van der Waals surface area contributed by atoms with E-state index in [9.17, 15) is 0 Å². The van der Waals surface area contributed by atoms with Crippen molar-refractivity contribution in [1.82, 2.24) is 0 Å². The average molecular weight is 159 g/mol. The zero-order valence-corrected chi connectivity index (χ0v) is 8.18. The topological polar surface area (TPSA) is 35.2 Å². The van der Waals surface area contributed by atoms with E-state index in [2.05, 4.69) is 20.8 Å². The first-order chi connectivity index (χ1) is 4.95. The molecule has 0 fully saturated rings. The van der Waals surface area contributed by atoms with E-state index in [-0.39, 0.29) is 6.10 Å². The van der Waals surface area contributed by atoms with Crippen LogP contribution < -0.4 is 5.73 Å². The summed E-state index contributed by atoms with van der Waals surface area (Å²) in [5, 5.41) is 0. The number of ether oxygens (including phenoxy) is 1. The van der Waals surface area contributed by atoms with Crippen LogP contribution in [-0.2, 0) is 4.74 Å². The van der Waals surface area contributed by atoms with Gasteiger partial charge in [-0.25, -0.2) is 0 Å². The number of hydrogen-bond acceptors (Lipinski definition) is 2. The molecule has 0 aromatic rings. The molecule has 0 aliphatic rings. The Hall–Kier alpha value is -0.0800. The van der Waals surface area contributed by atoms with Crippen LogP contribution in [0.4, 0.5) is 0 Å². The van der Waals surface area contributed by atoms with Crippen molar-refractivity contribution in [3.63, 3.8) is 0 Å². The maximum Gasteiger partial charge on any atom is 0.0669 e. The minimum atomic E-state index is 0.206. The maximum absolute atomic E-state index is 5.44. The molecule has 0 amide bonds. The number of nitrogens with two attached hydrogens (primary N) is 1. The molecule has 0 aromatic carbocycles. The first kappa shape index (κ1) is 10.9. The van der Waals surface area contributed by atoms with Gasteiger partial charge in [0.05, 0.1) is 6.10 Å². The van der Waals surface area contributed by atoms with E-state index in [0.717, 1.165) is 13.0 Å². The Balaban J connectivity index is 3.28. The highest BCUT2D eigenvalue weighted by molar-refractivity contribution is 4.60. The summed E-state index contributed by atoms with van der Waals surface area (Å²) in [5.74, 6) is 0. The molecule has 0 aliphatic carbocycles. The third kappa shape index (κ3) is 7.82. The van der Waals surface area contributed by atoms with Crippen LogP contribution in [0.1, 0.15) is 34.1 Å². The second-order valence-corrected chi connectivity index (χ2v) is 4.23. The average Bonchev–Trinajstić information content (AvgIpc) is 1.85. The fourth-order valence-electron chi connectivity index (χ4n) is 0.634. The molecule has 0 spiro atoms. The largest absolute Gasteiger partial charge is 0.377 e. The van der Waals surface area contributed by atoms with Gasteiger partial charge in [-0.3, -0.25) is 0 Å². The van der Waals surface area contributed by atoms with Gasteiger partial charge in [-0.1, -0.05) is 20.8 Å². The van der Waals surface area contributed by atoms with Crippen molar-refractivity contribution >= 4 is 0 Å². The van der Waals surface area contributed by atoms with Crippen molar-refractivity contribution in [2.45, 2.75) is 40.2 Å². The van der Waals surface area contributed by atoms with Gasteiger partial charge < -0.3 is 10.5 Å². The third-order valence-electron chi connectivity index (χ3n) is 1.59. The second kappa shape index (κ2) is 4.73. The normalized spacial score (nSPS) is 15.0. The molecule has 11 heavy (non-hydrogen) atoms. The van der Waals surface area contributed by atoms with Crippen LogP contribution in [0.5, 0.6) is 0 Å². The molecule has 1 unspecified atom stereocenters. The zero-order valence-electron chi connectivity index (χ0n) is 8.18. The summed E-state index contributed by atoms with van der Waals surface area (Å²) in [6.45, 7) is 10.1. The first-order valence-electron chi connectivity index (χ1n) is 4.27. The van der Waals surface area contributed by atoms with Crippen LogP contribution >= 0.6 is 0 Å². The van der Waals surface area contributed by atoms with Gasteiger partial charge in [0.25, 0.3) is 0 Å². The predicted octanol–water partition coefficient (Wildman–Crippen LogP) is 1.79. The van der Waals surface area contributed by atoms with Gasteiger partial charge in [0, 0.05) is 13.2 Å². The van der Waals surface area contributed by atoms with E-state index in [0.29, 0.717) is 12.0 Å². The number of rotatable bonds is 4. The number of hydrogen-bond donors (Lipinski definition) is 1. The van der Waals surface area contributed by atoms with E-state index in [4.69, 9.17) is 10.5 Å². The summed E-state index contributed by atoms with van der Waals surface area (Å²) in [6.07, 6.45) is 1.30. The fourth-order valence-corrected chi connectivity index (χ4v) is 0.634. The summed E-state index contributed by atoms with van der Waals surface area (Å²) in [7, 11) is 0. The van der Waals surface area contributed by atoms with Crippen LogP contribution in [0.25, 0.3) is 0 Å². The lowest BCUT2D eigenvalue weighted by molar-refractivity contribution is 0.0544. The van der Waals surface area contributed by atoms with Gasteiger partial charge in [0.1, 0.15) is 0 Å². The maximum atomic E-state index is 5.44. The van der Waals surface area contributed by atoms with E-state index in [1.165, 1.54) is 0 Å². The lowest BCUT2D eigenvalue weighted by Gasteiger charge is -2.19. The van der Waals surface area contributed by atoms with E-state index in [1.54, 1.807) is 0 Å². The molecule has 68 valence electrons. The summed E-state index contributed by atoms with van der Waals surface area (Å²) in [6, 6.07) is 0. The molecule has 0 saturated carbocycles. The Morgan fingerprint density at radius 1 is 1.36 bits per heavy atom. The molecule has 0 radical (unpaired) electrons. The predicted molar refractivity (Wildman–Crippen MR) is 48.5 cm³/mol. The lowest BCUT2D eigenvalue weighted by atomic mass is 9.93. The van der Waals surface area contributed by atoms with Gasteiger partial charge in [-0.05, 0) is 18.8 Å². The van der Waals surface area contributed by atoms with Gasteiger partial charge in [0.2, 0.25) is 0 Å². The quantitative estimate of drug-likeness (QED) is 0.678. The van der Waals surface area contributed by atoms with Crippen LogP contribution in [0.15, 0.2) is 0 Å². The molecule has 0 bridgehead atoms. The first-order valence-corrected chi connectivity index (χ1v) is 4.27. The third-order valence-corrected chi connectivity index (χ3v) is 1.59. The Labute approximate surface area is 70.1 Å². The molecular weight excluding hydrogens is 138 g/mol. The Morgan fingerprint density at radius 2 is 1.91 bits per heavy atom. The van der Waals surface area contributed by atoms with Gasteiger partial charge in [-0.15, -0.1) is 0 Å². The molecule has 0 saturated heterocycles. The highest BCUT2D eigenvalue weighted by atomic mass is 16.5. The highest BCUT2D eigenvalue weighted by Crippen LogP contribution is 2.18. The Morgan fingerprint density at radius 3 is 2.27 bits per heavy atom. The minimum Gasteiger partial charge on any atom is -0.377 e. The van der Waals surface area contributed by atoms with Gasteiger partial charge in [0.15, 0.2) is 0 Å². The fraction of sp³-hybridized carbons (Fsp3) is 1.00. The van der Waals surface area contributed by atoms with Gasteiger partial charge in [-0.2, -0.15) is 0 Å². The zero-order chi connectivity index (χ0) is 8.91. The van der Waals surface area contributed by atoms with E-state index in [1.807, 2.05) is 6.92 Å². The lowest BCUT2D eigenvalue weighted by Crippen LogP contribution is -2.22. The minimum absolute atomic E-state index is 0.206. The van der Waals surface area contributed by atoms with E-state index < -0.39 is 0 Å². The van der Waals surface area contributed by atoms with Crippen molar-refractivity contribution < 1.29 is 4.74 Å². The molecule has 2 N–H and O–H groups in total. The smallest absolute Gasteiger partial charge is 0.0669 e. The second-order valence-electron chi connectivity index (χ2n) is 4.23. The van der Waals surface area contributed by atoms with Crippen molar-refractivity contribution in [2.75, 3.05) is 13.2 Å². The standard InChI is InChI=1S/C9H21NO/c1-8(7-10)11-6-5-9(2,3)4/h8H,5-7,10H2,1-4H3. The van der Waals surface area contributed by atoms with Gasteiger partial charge >= 0.3 is 0 Å². The van der Waals surface area contributed by atoms with Crippen molar-refractivity contribution in [3.8, 4) is 0 Å². The molecule has 0 rings (SSSR count). The molecule has 0 aliphatic heterocycles. The molecule has 1 atom stereocenters. The Bertz CT molecular complexity index is 96.2. The van der Waals surface area contributed by atoms with Crippen molar-refractivity contribution in [3.05, 3.63) is 0 Å². The highest BCUT2D eigenvalue weighted by Gasteiger charge is 2.10. The molecule has 2 nitrogen and oxygen atoms in total. The van der Waals surface area contributed by atoms with Crippen LogP contribution in [0, 0.1) is 5.41 Å². The molecule has 0 heterocycles. The molecule has 0 aromatic heterocycles. The Kier molecular flexibility index (Phi) is 4.69. The van der Waals surface area contributed by atoms with Crippen molar-refractivity contribution in [2.24, 2.45) is 11.1 Å².